The molecule has 0 heterocycles. The summed E-state index contributed by atoms with van der Waals surface area (Å²) in [5, 5.41) is 21.9. The summed E-state index contributed by atoms with van der Waals surface area (Å²) in [6.07, 6.45) is 6.89. The second-order valence-corrected chi connectivity index (χ2v) is 9.31. The van der Waals surface area contributed by atoms with Gasteiger partial charge in [0.15, 0.2) is 23.8 Å². The zero-order valence-electron chi connectivity index (χ0n) is 19.5. The molecule has 4 rings (SSSR count). The Morgan fingerprint density at radius 1 is 1.28 bits per heavy atom. The highest BCUT2D eigenvalue weighted by atomic mass is 16.6. The Balaban J connectivity index is 1.84. The second-order valence-electron chi connectivity index (χ2n) is 9.31. The smallest absolute Gasteiger partial charge is 0.358 e. The molecule has 0 aromatic heterocycles. The summed E-state index contributed by atoms with van der Waals surface area (Å²) < 4.78 is 9.88. The van der Waals surface area contributed by atoms with E-state index in [1.165, 1.54) is 11.0 Å². The number of likely N-dealkylation sites (N-methyl/N-ethyl adjacent to an activating group) is 1. The van der Waals surface area contributed by atoms with Crippen LogP contribution in [0.1, 0.15) is 22.3 Å². The van der Waals surface area contributed by atoms with Gasteiger partial charge in [-0.1, -0.05) is 18.6 Å². The number of amides is 1. The van der Waals surface area contributed by atoms with Crippen molar-refractivity contribution in [3.05, 3.63) is 40.7 Å². The summed E-state index contributed by atoms with van der Waals surface area (Å²) in [6, 6.07) is 3.52. The number of rotatable bonds is 5. The van der Waals surface area contributed by atoms with Gasteiger partial charge in [0.1, 0.15) is 23.2 Å². The number of Topliss-reactive ketones (excluding diaryl/α,β-unsaturated/α-hetero) is 3. The quantitative estimate of drug-likeness (QED) is 0.200. The molecule has 11 heteroatoms. The van der Waals surface area contributed by atoms with Crippen LogP contribution in [0.3, 0.4) is 0 Å². The molecule has 188 valence electrons. The van der Waals surface area contributed by atoms with Gasteiger partial charge in [-0.25, -0.2) is 4.79 Å². The number of phenols is 1. The fourth-order valence-electron chi connectivity index (χ4n) is 5.77. The lowest BCUT2D eigenvalue weighted by Gasteiger charge is -2.52. The molecule has 1 fully saturated rings. The number of ether oxygens (including phenoxy) is 2. The van der Waals surface area contributed by atoms with Gasteiger partial charge in [0.25, 0.3) is 5.91 Å². The van der Waals surface area contributed by atoms with Crippen LogP contribution in [0, 0.1) is 30.3 Å². The van der Waals surface area contributed by atoms with E-state index in [1.54, 1.807) is 32.3 Å². The fourth-order valence-corrected chi connectivity index (χ4v) is 5.77. The van der Waals surface area contributed by atoms with Gasteiger partial charge >= 0.3 is 5.97 Å². The van der Waals surface area contributed by atoms with Crippen LogP contribution >= 0.6 is 0 Å². The van der Waals surface area contributed by atoms with Gasteiger partial charge in [-0.15, -0.1) is 0 Å². The molecule has 36 heavy (non-hydrogen) atoms. The molecule has 3 aliphatic carbocycles. The number of carbonyl (C=O) groups excluding carboxylic acids is 5. The number of hydrogen-bond donors (Lipinski definition) is 3. The highest BCUT2D eigenvalue weighted by molar-refractivity contribution is 6.32. The third kappa shape index (κ3) is 3.57. The molecule has 0 spiro atoms. The van der Waals surface area contributed by atoms with Crippen molar-refractivity contribution in [2.75, 3.05) is 20.7 Å². The van der Waals surface area contributed by atoms with Crippen LogP contribution in [0.25, 0.3) is 0 Å². The summed E-state index contributed by atoms with van der Waals surface area (Å²) in [7, 11) is 3.14. The molecule has 11 nitrogen and oxygen atoms in total. The Kier molecular flexibility index (Phi) is 6.20. The number of aromatic hydroxyl groups is 1. The molecule has 1 amide bonds. The average Bonchev–Trinajstić information content (AvgIpc) is 2.79. The van der Waals surface area contributed by atoms with Crippen LogP contribution in [0.2, 0.25) is 0 Å². The molecular formula is C25H24N2O9. The summed E-state index contributed by atoms with van der Waals surface area (Å²) in [6.45, 7) is -0.760. The van der Waals surface area contributed by atoms with Crippen LogP contribution in [-0.2, 0) is 35.1 Å². The molecule has 1 aromatic carbocycles. The van der Waals surface area contributed by atoms with Gasteiger partial charge in [-0.05, 0) is 44.5 Å². The maximum absolute atomic E-state index is 13.7. The molecule has 0 saturated heterocycles. The third-order valence-electron chi connectivity index (χ3n) is 7.15. The standard InChI is InChI=1S/C25H24N2O9/c1-4-35-15(29)10-36-21-18(24(26)33)23(32)25(34)13(19(21)27(2)3)9-12-8-11-6-5-7-14(28)16(11)20(30)17(12)22(25)31/h1,5-7,12-13,17,19,28,34H,8-10H2,2-3H3,(H2,26,33)/t12-,13-,17?,19-,25-/m0/s1. The molecule has 1 unspecified atom stereocenters. The SMILES string of the molecule is C#COC(=O)COC1=C(C(N)=O)C(=O)[C@@]2(O)C(=O)C3C(=O)c4c(O)cccc4C[C@H]3C[C@H]2[C@@H]1N(C)C. The average molecular weight is 496 g/mol. The fraction of sp³-hybridized carbons (Fsp3) is 0.400. The normalized spacial score (nSPS) is 29.1. The molecule has 0 aliphatic heterocycles. The minimum absolute atomic E-state index is 0.0238. The van der Waals surface area contributed by atoms with Gasteiger partial charge < -0.3 is 25.4 Å². The highest BCUT2D eigenvalue weighted by Crippen LogP contribution is 2.51. The second kappa shape index (κ2) is 8.89. The molecule has 0 radical (unpaired) electrons. The predicted octanol–water partition coefficient (Wildman–Crippen LogP) is -0.914. The number of primary amides is 1. The Hall–Kier alpha value is -4.01. The summed E-state index contributed by atoms with van der Waals surface area (Å²) in [5.41, 5.74) is 2.43. The maximum Gasteiger partial charge on any atom is 0.358 e. The number of phenolic OH excluding ortho intramolecular Hbond substituents is 1. The Bertz CT molecular complexity index is 1270. The van der Waals surface area contributed by atoms with Crippen molar-refractivity contribution in [3.63, 3.8) is 0 Å². The zero-order valence-corrected chi connectivity index (χ0v) is 19.5. The molecule has 4 N–H and O–H groups in total. The monoisotopic (exact) mass is 496 g/mol. The lowest BCUT2D eigenvalue weighted by atomic mass is 9.54. The number of hydrogen-bond acceptors (Lipinski definition) is 10. The summed E-state index contributed by atoms with van der Waals surface area (Å²) >= 11 is 0. The number of carbonyl (C=O) groups is 5. The van der Waals surface area contributed by atoms with Crippen molar-refractivity contribution in [1.82, 2.24) is 4.90 Å². The van der Waals surface area contributed by atoms with E-state index in [9.17, 15) is 34.2 Å². The summed E-state index contributed by atoms with van der Waals surface area (Å²) in [4.78, 5) is 66.3. The van der Waals surface area contributed by atoms with Gasteiger partial charge in [0, 0.05) is 5.92 Å². The third-order valence-corrected chi connectivity index (χ3v) is 7.15. The van der Waals surface area contributed by atoms with Crippen molar-refractivity contribution in [3.8, 4) is 18.3 Å². The molecule has 1 saturated carbocycles. The lowest BCUT2D eigenvalue weighted by molar-refractivity contribution is -0.171. The molecular weight excluding hydrogens is 472 g/mol. The first-order valence-corrected chi connectivity index (χ1v) is 11.1. The van der Waals surface area contributed by atoms with Crippen molar-refractivity contribution in [1.29, 1.82) is 0 Å². The Morgan fingerprint density at radius 3 is 2.58 bits per heavy atom. The van der Waals surface area contributed by atoms with E-state index in [0.717, 1.165) is 0 Å². The van der Waals surface area contributed by atoms with Crippen molar-refractivity contribution in [2.24, 2.45) is 23.5 Å². The predicted molar refractivity (Wildman–Crippen MR) is 121 cm³/mol. The van der Waals surface area contributed by atoms with Crippen molar-refractivity contribution in [2.45, 2.75) is 24.5 Å². The first kappa shape index (κ1) is 25.1. The van der Waals surface area contributed by atoms with E-state index in [4.69, 9.17) is 16.9 Å². The van der Waals surface area contributed by atoms with E-state index < -0.39 is 70.8 Å². The number of terminal acetylenes is 1. The summed E-state index contributed by atoms with van der Waals surface area (Å²) in [5.74, 6) is -9.07. The number of nitrogens with two attached hydrogens (primary N) is 1. The van der Waals surface area contributed by atoms with E-state index in [-0.39, 0.29) is 29.9 Å². The number of nitrogens with zero attached hydrogens (tertiary/aromatic N) is 1. The van der Waals surface area contributed by atoms with Crippen LogP contribution in [0.4, 0.5) is 0 Å². The maximum atomic E-state index is 13.7. The van der Waals surface area contributed by atoms with Crippen molar-refractivity contribution >= 4 is 29.2 Å². The highest BCUT2D eigenvalue weighted by Gasteiger charge is 2.67. The minimum Gasteiger partial charge on any atom is -0.507 e. The van der Waals surface area contributed by atoms with E-state index in [0.29, 0.717) is 5.56 Å². The number of ketones is 3. The van der Waals surface area contributed by atoms with E-state index in [2.05, 4.69) is 4.74 Å². The number of aliphatic hydroxyl groups is 1. The molecule has 1 aromatic rings. The number of esters is 1. The van der Waals surface area contributed by atoms with E-state index in [1.807, 2.05) is 0 Å². The molecule has 5 atom stereocenters. The van der Waals surface area contributed by atoms with Crippen LogP contribution in [0.5, 0.6) is 5.75 Å². The first-order chi connectivity index (χ1) is 16.9. The Labute approximate surface area is 205 Å². The first-order valence-electron chi connectivity index (χ1n) is 11.1. The van der Waals surface area contributed by atoms with Crippen LogP contribution in [0.15, 0.2) is 29.5 Å². The Morgan fingerprint density at radius 2 is 1.97 bits per heavy atom. The zero-order chi connectivity index (χ0) is 26.5. The van der Waals surface area contributed by atoms with Crippen LogP contribution in [-0.4, -0.2) is 76.7 Å². The number of fused-ring (bicyclic) bond motifs is 3. The minimum atomic E-state index is -2.76. The van der Waals surface area contributed by atoms with Gasteiger partial charge in [0.2, 0.25) is 5.78 Å². The van der Waals surface area contributed by atoms with Gasteiger partial charge in [-0.2, -0.15) is 0 Å². The molecule has 3 aliphatic rings. The van der Waals surface area contributed by atoms with Gasteiger partial charge in [0.05, 0.1) is 17.5 Å². The van der Waals surface area contributed by atoms with Crippen LogP contribution < -0.4 is 5.73 Å². The number of benzene rings is 1. The van der Waals surface area contributed by atoms with Crippen molar-refractivity contribution < 1.29 is 43.7 Å². The lowest BCUT2D eigenvalue weighted by Crippen LogP contribution is -2.69. The largest absolute Gasteiger partial charge is 0.507 e. The van der Waals surface area contributed by atoms with Gasteiger partial charge in [-0.3, -0.25) is 24.1 Å². The molecule has 0 bridgehead atoms. The van der Waals surface area contributed by atoms with E-state index >= 15 is 0 Å². The topological polar surface area (TPSA) is 174 Å².